The van der Waals surface area contributed by atoms with Crippen molar-refractivity contribution >= 4 is 28.9 Å². The van der Waals surface area contributed by atoms with Crippen LogP contribution in [0.15, 0.2) is 10.9 Å². The van der Waals surface area contributed by atoms with Gasteiger partial charge in [0, 0.05) is 3.57 Å². The van der Waals surface area contributed by atoms with E-state index in [1.807, 2.05) is 0 Å². The van der Waals surface area contributed by atoms with E-state index in [4.69, 9.17) is 0 Å². The fourth-order valence-corrected chi connectivity index (χ4v) is 1.38. The normalized spacial score (nSPS) is 10.5. The molecule has 70 valence electrons. The van der Waals surface area contributed by atoms with Gasteiger partial charge in [-0.2, -0.15) is 0 Å². The molecule has 0 amide bonds. The highest BCUT2D eigenvalue weighted by Crippen LogP contribution is 2.17. The predicted molar refractivity (Wildman–Crippen MR) is 50.1 cm³/mol. The van der Waals surface area contributed by atoms with E-state index in [0.29, 0.717) is 9.86 Å². The van der Waals surface area contributed by atoms with E-state index in [0.717, 1.165) is 6.07 Å². The van der Waals surface area contributed by atoms with Crippen molar-refractivity contribution < 1.29 is 13.6 Å². The van der Waals surface area contributed by atoms with Crippen LogP contribution in [0.3, 0.4) is 0 Å². The first-order chi connectivity index (χ1) is 6.06. The van der Waals surface area contributed by atoms with E-state index in [1.165, 1.54) is 0 Å². The maximum Gasteiger partial charge on any atom is 0.269 e. The Morgan fingerprint density at radius 3 is 2.62 bits per heavy atom. The summed E-state index contributed by atoms with van der Waals surface area (Å²) in [6.07, 6.45) is -2.41. The van der Waals surface area contributed by atoms with Crippen molar-refractivity contribution in [3.63, 3.8) is 0 Å². The number of aromatic amines is 1. The number of hydrogen-bond acceptors (Lipinski definition) is 2. The third-order valence-corrected chi connectivity index (χ3v) is 2.30. The minimum atomic E-state index is -2.82. The smallest absolute Gasteiger partial charge is 0.269 e. The number of hydrogen-bond donors (Lipinski definition) is 1. The Kier molecular flexibility index (Phi) is 3.12. The van der Waals surface area contributed by atoms with E-state index in [2.05, 4.69) is 4.98 Å². The summed E-state index contributed by atoms with van der Waals surface area (Å²) in [6.45, 7) is 0. The average Bonchev–Trinajstić information content (AvgIpc) is 2.07. The number of alkyl halides is 2. The molecule has 1 heterocycles. The lowest BCUT2D eigenvalue weighted by molar-refractivity contribution is 0.111. The van der Waals surface area contributed by atoms with Crippen molar-refractivity contribution in [2.24, 2.45) is 0 Å². The molecule has 0 fully saturated rings. The van der Waals surface area contributed by atoms with Crippen molar-refractivity contribution in [2.45, 2.75) is 6.43 Å². The molecule has 1 N–H and O–H groups in total. The van der Waals surface area contributed by atoms with Gasteiger partial charge in [0.25, 0.3) is 12.0 Å². The van der Waals surface area contributed by atoms with Gasteiger partial charge in [-0.1, -0.05) is 0 Å². The third kappa shape index (κ3) is 2.11. The second kappa shape index (κ2) is 3.95. The summed E-state index contributed by atoms with van der Waals surface area (Å²) in [5.74, 6) is 0. The van der Waals surface area contributed by atoms with E-state index in [-0.39, 0.29) is 5.69 Å². The van der Waals surface area contributed by atoms with Crippen LogP contribution in [0.5, 0.6) is 0 Å². The van der Waals surface area contributed by atoms with Crippen molar-refractivity contribution in [2.75, 3.05) is 0 Å². The summed E-state index contributed by atoms with van der Waals surface area (Å²) in [5, 5.41) is 0. The molecule has 0 bridgehead atoms. The zero-order valence-corrected chi connectivity index (χ0v) is 8.34. The van der Waals surface area contributed by atoms with Crippen molar-refractivity contribution in [1.29, 1.82) is 0 Å². The first-order valence-corrected chi connectivity index (χ1v) is 4.30. The summed E-state index contributed by atoms with van der Waals surface area (Å²) in [7, 11) is 0. The number of aromatic nitrogens is 1. The molecule has 0 aliphatic rings. The largest absolute Gasteiger partial charge is 0.318 e. The molecular formula is C7H4F2INO2. The van der Waals surface area contributed by atoms with Crippen molar-refractivity contribution in [3.8, 4) is 0 Å². The zero-order valence-electron chi connectivity index (χ0n) is 6.18. The van der Waals surface area contributed by atoms with Gasteiger partial charge in [-0.3, -0.25) is 9.59 Å². The van der Waals surface area contributed by atoms with Gasteiger partial charge in [0.1, 0.15) is 0 Å². The summed E-state index contributed by atoms with van der Waals surface area (Å²) in [4.78, 5) is 23.3. The van der Waals surface area contributed by atoms with Crippen molar-refractivity contribution in [3.05, 3.63) is 31.2 Å². The van der Waals surface area contributed by atoms with Gasteiger partial charge >= 0.3 is 0 Å². The van der Waals surface area contributed by atoms with Crippen LogP contribution in [0.25, 0.3) is 0 Å². The van der Waals surface area contributed by atoms with E-state index < -0.39 is 17.5 Å². The Morgan fingerprint density at radius 2 is 2.15 bits per heavy atom. The van der Waals surface area contributed by atoms with Gasteiger partial charge in [-0.15, -0.1) is 0 Å². The summed E-state index contributed by atoms with van der Waals surface area (Å²) in [6, 6.07) is 1.01. The van der Waals surface area contributed by atoms with Crippen LogP contribution in [0.4, 0.5) is 8.78 Å². The minimum Gasteiger partial charge on any atom is -0.318 e. The summed E-state index contributed by atoms with van der Waals surface area (Å²) in [5.41, 5.74) is -1.51. The van der Waals surface area contributed by atoms with Crippen LogP contribution < -0.4 is 5.56 Å². The first kappa shape index (κ1) is 10.3. The van der Waals surface area contributed by atoms with Crippen LogP contribution in [-0.2, 0) is 0 Å². The predicted octanol–water partition coefficient (Wildman–Crippen LogP) is 1.73. The molecule has 13 heavy (non-hydrogen) atoms. The Hall–Kier alpha value is -0.790. The molecule has 1 rings (SSSR count). The van der Waals surface area contributed by atoms with Gasteiger partial charge in [0.2, 0.25) is 0 Å². The number of pyridine rings is 1. The molecule has 0 aliphatic carbocycles. The first-order valence-electron chi connectivity index (χ1n) is 3.22. The van der Waals surface area contributed by atoms with Crippen LogP contribution in [0.1, 0.15) is 22.5 Å². The van der Waals surface area contributed by atoms with Gasteiger partial charge in [0.05, 0.1) is 11.3 Å². The minimum absolute atomic E-state index is 0.0231. The topological polar surface area (TPSA) is 49.9 Å². The number of H-pyrrole nitrogens is 1. The monoisotopic (exact) mass is 299 g/mol. The van der Waals surface area contributed by atoms with Crippen LogP contribution in [0, 0.1) is 3.57 Å². The molecule has 0 spiro atoms. The third-order valence-electron chi connectivity index (χ3n) is 1.40. The number of carbonyl (C=O) groups excluding carboxylic acids is 1. The SMILES string of the molecule is O=Cc1[nH]c(=O)c(C(F)F)cc1I. The number of halogens is 3. The Morgan fingerprint density at radius 1 is 1.54 bits per heavy atom. The van der Waals surface area contributed by atoms with E-state index >= 15 is 0 Å². The van der Waals surface area contributed by atoms with Gasteiger partial charge in [-0.25, -0.2) is 8.78 Å². The second-order valence-electron chi connectivity index (χ2n) is 2.23. The molecule has 0 unspecified atom stereocenters. The standard InChI is InChI=1S/C7H4F2INO2/c8-6(9)3-1-4(10)5(2-12)11-7(3)13/h1-2,6H,(H,11,13). The fourth-order valence-electron chi connectivity index (χ4n) is 0.782. The molecule has 0 saturated carbocycles. The molecule has 6 heteroatoms. The van der Waals surface area contributed by atoms with E-state index in [9.17, 15) is 18.4 Å². The highest BCUT2D eigenvalue weighted by atomic mass is 127. The van der Waals surface area contributed by atoms with Gasteiger partial charge in [0.15, 0.2) is 6.29 Å². The molecule has 0 saturated heterocycles. The van der Waals surface area contributed by atoms with Crippen molar-refractivity contribution in [1.82, 2.24) is 4.98 Å². The Bertz CT molecular complexity index is 389. The highest BCUT2D eigenvalue weighted by Gasteiger charge is 2.14. The zero-order chi connectivity index (χ0) is 10.0. The maximum absolute atomic E-state index is 12.1. The molecule has 0 aliphatic heterocycles. The molecule has 0 aromatic carbocycles. The number of carbonyl (C=O) groups is 1. The van der Waals surface area contributed by atoms with Crippen LogP contribution >= 0.6 is 22.6 Å². The fraction of sp³-hybridized carbons (Fsp3) is 0.143. The summed E-state index contributed by atoms with van der Waals surface area (Å²) >= 11 is 1.70. The Labute approximate surface area is 85.3 Å². The van der Waals surface area contributed by atoms with Gasteiger partial charge in [-0.05, 0) is 28.7 Å². The summed E-state index contributed by atoms with van der Waals surface area (Å²) < 4.78 is 24.6. The van der Waals surface area contributed by atoms with Crippen LogP contribution in [-0.4, -0.2) is 11.3 Å². The quantitative estimate of drug-likeness (QED) is 0.668. The maximum atomic E-state index is 12.1. The number of nitrogens with one attached hydrogen (secondary N) is 1. The average molecular weight is 299 g/mol. The lowest BCUT2D eigenvalue weighted by Crippen LogP contribution is -2.16. The second-order valence-corrected chi connectivity index (χ2v) is 3.40. The lowest BCUT2D eigenvalue weighted by Gasteiger charge is -2.00. The van der Waals surface area contributed by atoms with Gasteiger partial charge < -0.3 is 4.98 Å². The Balaban J connectivity index is 3.37. The molecule has 1 aromatic heterocycles. The number of aldehydes is 1. The molecule has 1 aromatic rings. The highest BCUT2D eigenvalue weighted by molar-refractivity contribution is 14.1. The molecular weight excluding hydrogens is 295 g/mol. The molecule has 3 nitrogen and oxygen atoms in total. The molecule has 0 atom stereocenters. The lowest BCUT2D eigenvalue weighted by atomic mass is 10.2. The van der Waals surface area contributed by atoms with E-state index in [1.54, 1.807) is 22.6 Å². The number of rotatable bonds is 2. The molecule has 0 radical (unpaired) electrons. The van der Waals surface area contributed by atoms with Crippen LogP contribution in [0.2, 0.25) is 0 Å².